The molecule has 0 saturated heterocycles. The highest BCUT2D eigenvalue weighted by atomic mass is 79.9. The van der Waals surface area contributed by atoms with Gasteiger partial charge in [-0.2, -0.15) is 0 Å². The predicted octanol–water partition coefficient (Wildman–Crippen LogP) is 2.24. The summed E-state index contributed by atoms with van der Waals surface area (Å²) in [6.45, 7) is 0. The molecule has 0 saturated carbocycles. The number of carboxylic acid groups (broad SMARTS) is 1. The van der Waals surface area contributed by atoms with Crippen LogP contribution in [0.2, 0.25) is 0 Å². The molecule has 0 unspecified atom stereocenters. The van der Waals surface area contributed by atoms with Gasteiger partial charge in [-0.3, -0.25) is 4.79 Å². The van der Waals surface area contributed by atoms with Gasteiger partial charge in [0, 0.05) is 22.0 Å². The van der Waals surface area contributed by atoms with E-state index in [-0.39, 0.29) is 17.8 Å². The molecule has 0 amide bonds. The largest absolute Gasteiger partial charge is 0.545 e. The third-order valence-electron chi connectivity index (χ3n) is 2.75. The second-order valence-corrected chi connectivity index (χ2v) is 4.97. The number of halogens is 1. The SMILES string of the molecule is O=C(Cc1ccccc1C(=O)[O-])c1ccc(Br)cc1. The Morgan fingerprint density at radius 2 is 1.63 bits per heavy atom. The molecule has 19 heavy (non-hydrogen) atoms. The topological polar surface area (TPSA) is 57.2 Å². The molecule has 0 fully saturated rings. The zero-order chi connectivity index (χ0) is 13.8. The number of hydrogen-bond acceptors (Lipinski definition) is 3. The molecule has 2 aromatic rings. The van der Waals surface area contributed by atoms with Gasteiger partial charge in [0.25, 0.3) is 0 Å². The fourth-order valence-corrected chi connectivity index (χ4v) is 2.05. The van der Waals surface area contributed by atoms with Crippen molar-refractivity contribution in [1.82, 2.24) is 0 Å². The zero-order valence-corrected chi connectivity index (χ0v) is 11.5. The van der Waals surface area contributed by atoms with Crippen LogP contribution in [0.1, 0.15) is 26.3 Å². The van der Waals surface area contributed by atoms with Crippen LogP contribution in [0.15, 0.2) is 53.0 Å². The predicted molar refractivity (Wildman–Crippen MR) is 72.9 cm³/mol. The Balaban J connectivity index is 2.24. The summed E-state index contributed by atoms with van der Waals surface area (Å²) in [4.78, 5) is 23.0. The number of carbonyl (C=O) groups is 2. The monoisotopic (exact) mass is 317 g/mol. The highest BCUT2D eigenvalue weighted by Gasteiger charge is 2.10. The van der Waals surface area contributed by atoms with Crippen molar-refractivity contribution in [2.24, 2.45) is 0 Å². The van der Waals surface area contributed by atoms with Crippen LogP contribution in [0.4, 0.5) is 0 Å². The maximum atomic E-state index is 12.1. The van der Waals surface area contributed by atoms with Crippen LogP contribution in [-0.4, -0.2) is 11.8 Å². The van der Waals surface area contributed by atoms with Crippen LogP contribution >= 0.6 is 15.9 Å². The zero-order valence-electron chi connectivity index (χ0n) is 9.93. The summed E-state index contributed by atoms with van der Waals surface area (Å²) in [6.07, 6.45) is 0.0474. The molecule has 2 rings (SSSR count). The summed E-state index contributed by atoms with van der Waals surface area (Å²) in [5.74, 6) is -1.39. The van der Waals surface area contributed by atoms with Crippen LogP contribution in [0.5, 0.6) is 0 Å². The molecule has 0 heterocycles. The first-order valence-corrected chi connectivity index (χ1v) is 6.45. The maximum absolute atomic E-state index is 12.1. The lowest BCUT2D eigenvalue weighted by Gasteiger charge is -2.09. The molecular formula is C15H10BrO3-. The molecule has 0 aliphatic rings. The lowest BCUT2D eigenvalue weighted by molar-refractivity contribution is -0.255. The van der Waals surface area contributed by atoms with Crippen LogP contribution in [-0.2, 0) is 6.42 Å². The summed E-state index contributed by atoms with van der Waals surface area (Å²) in [5.41, 5.74) is 1.08. The summed E-state index contributed by atoms with van der Waals surface area (Å²) in [7, 11) is 0. The van der Waals surface area contributed by atoms with Crippen LogP contribution in [0.25, 0.3) is 0 Å². The number of benzene rings is 2. The van der Waals surface area contributed by atoms with Crippen molar-refractivity contribution in [3.63, 3.8) is 0 Å². The van der Waals surface area contributed by atoms with E-state index < -0.39 is 5.97 Å². The Kier molecular flexibility index (Phi) is 4.12. The molecule has 2 aromatic carbocycles. The van der Waals surface area contributed by atoms with Crippen LogP contribution in [0.3, 0.4) is 0 Å². The van der Waals surface area contributed by atoms with Crippen LogP contribution < -0.4 is 5.11 Å². The molecule has 0 aromatic heterocycles. The summed E-state index contributed by atoms with van der Waals surface area (Å²) < 4.78 is 0.888. The van der Waals surface area contributed by atoms with Gasteiger partial charge in [-0.1, -0.05) is 52.3 Å². The van der Waals surface area contributed by atoms with E-state index in [1.54, 1.807) is 42.5 Å². The second-order valence-electron chi connectivity index (χ2n) is 4.05. The molecule has 0 bridgehead atoms. The fourth-order valence-electron chi connectivity index (χ4n) is 1.78. The molecule has 4 heteroatoms. The number of ketones is 1. The highest BCUT2D eigenvalue weighted by Crippen LogP contribution is 2.15. The van der Waals surface area contributed by atoms with Gasteiger partial charge in [0.1, 0.15) is 0 Å². The molecule has 0 aliphatic heterocycles. The molecule has 0 spiro atoms. The minimum absolute atomic E-state index is 0.0474. The van der Waals surface area contributed by atoms with E-state index in [2.05, 4.69) is 15.9 Å². The molecular weight excluding hydrogens is 308 g/mol. The highest BCUT2D eigenvalue weighted by molar-refractivity contribution is 9.10. The lowest BCUT2D eigenvalue weighted by atomic mass is 9.99. The van der Waals surface area contributed by atoms with E-state index in [0.29, 0.717) is 11.1 Å². The number of carbonyl (C=O) groups excluding carboxylic acids is 2. The first kappa shape index (κ1) is 13.5. The van der Waals surface area contributed by atoms with Gasteiger partial charge >= 0.3 is 0 Å². The minimum Gasteiger partial charge on any atom is -0.545 e. The molecule has 0 aliphatic carbocycles. The molecule has 0 N–H and O–H groups in total. The Labute approximate surface area is 119 Å². The van der Waals surface area contributed by atoms with E-state index in [1.165, 1.54) is 6.07 Å². The number of aromatic carboxylic acids is 1. The third kappa shape index (κ3) is 3.29. The standard InChI is InChI=1S/C15H11BrO3/c16-12-7-5-10(6-8-12)14(17)9-11-3-1-2-4-13(11)15(18)19/h1-8H,9H2,(H,18,19)/p-1. The number of rotatable bonds is 4. The van der Waals surface area contributed by atoms with Crippen molar-refractivity contribution in [2.45, 2.75) is 6.42 Å². The lowest BCUT2D eigenvalue weighted by Crippen LogP contribution is -2.24. The summed E-state index contributed by atoms with van der Waals surface area (Å²) in [5, 5.41) is 11.0. The van der Waals surface area contributed by atoms with Gasteiger partial charge in [-0.15, -0.1) is 0 Å². The Bertz CT molecular complexity index is 618. The van der Waals surface area contributed by atoms with Crippen molar-refractivity contribution in [3.05, 3.63) is 69.7 Å². The maximum Gasteiger partial charge on any atom is 0.167 e. The number of hydrogen-bond donors (Lipinski definition) is 0. The average molecular weight is 318 g/mol. The summed E-state index contributed by atoms with van der Waals surface area (Å²) in [6, 6.07) is 13.3. The van der Waals surface area contributed by atoms with Gasteiger partial charge in [0.05, 0.1) is 5.97 Å². The smallest absolute Gasteiger partial charge is 0.167 e. The molecule has 0 atom stereocenters. The molecule has 0 radical (unpaired) electrons. The summed E-state index contributed by atoms with van der Waals surface area (Å²) >= 11 is 3.29. The Morgan fingerprint density at radius 3 is 2.26 bits per heavy atom. The Hall–Kier alpha value is -1.94. The van der Waals surface area contributed by atoms with Gasteiger partial charge in [0.15, 0.2) is 5.78 Å². The van der Waals surface area contributed by atoms with E-state index in [4.69, 9.17) is 0 Å². The van der Waals surface area contributed by atoms with E-state index in [0.717, 1.165) is 4.47 Å². The average Bonchev–Trinajstić information content (AvgIpc) is 2.39. The van der Waals surface area contributed by atoms with E-state index in [9.17, 15) is 14.7 Å². The number of carboxylic acids is 1. The van der Waals surface area contributed by atoms with Gasteiger partial charge < -0.3 is 9.90 Å². The van der Waals surface area contributed by atoms with Crippen molar-refractivity contribution in [2.75, 3.05) is 0 Å². The van der Waals surface area contributed by atoms with Crippen molar-refractivity contribution < 1.29 is 14.7 Å². The number of Topliss-reactive ketones (excluding diaryl/α,β-unsaturated/α-hetero) is 1. The van der Waals surface area contributed by atoms with Gasteiger partial charge in [-0.25, -0.2) is 0 Å². The molecule has 3 nitrogen and oxygen atoms in total. The third-order valence-corrected chi connectivity index (χ3v) is 3.28. The quantitative estimate of drug-likeness (QED) is 0.813. The first-order valence-electron chi connectivity index (χ1n) is 5.66. The van der Waals surface area contributed by atoms with Crippen LogP contribution in [0, 0.1) is 0 Å². The molecule has 96 valence electrons. The van der Waals surface area contributed by atoms with Crippen molar-refractivity contribution >= 4 is 27.7 Å². The first-order chi connectivity index (χ1) is 9.08. The van der Waals surface area contributed by atoms with Crippen molar-refractivity contribution in [1.29, 1.82) is 0 Å². The van der Waals surface area contributed by atoms with Gasteiger partial charge in [-0.05, 0) is 17.7 Å². The minimum atomic E-state index is -1.26. The second kappa shape index (κ2) is 5.80. The van der Waals surface area contributed by atoms with E-state index in [1.807, 2.05) is 0 Å². The normalized spacial score (nSPS) is 10.2. The Morgan fingerprint density at radius 1 is 1.00 bits per heavy atom. The van der Waals surface area contributed by atoms with Gasteiger partial charge in [0.2, 0.25) is 0 Å². The van der Waals surface area contributed by atoms with Crippen molar-refractivity contribution in [3.8, 4) is 0 Å². The van der Waals surface area contributed by atoms with E-state index >= 15 is 0 Å². The fraction of sp³-hybridized carbons (Fsp3) is 0.0667.